The smallest absolute Gasteiger partial charge is 0.408 e. The molecule has 2 heterocycles. The van der Waals surface area contributed by atoms with Gasteiger partial charge in [-0.25, -0.2) is 9.78 Å². The van der Waals surface area contributed by atoms with E-state index in [0.717, 1.165) is 0 Å². The lowest BCUT2D eigenvalue weighted by molar-refractivity contribution is 0.0505. The first-order valence-electron chi connectivity index (χ1n) is 8.98. The highest BCUT2D eigenvalue weighted by molar-refractivity contribution is 6.35. The van der Waals surface area contributed by atoms with Crippen LogP contribution in [0.4, 0.5) is 10.5 Å². The molecule has 3 N–H and O–H groups in total. The monoisotopic (exact) mass is 415 g/mol. The van der Waals surface area contributed by atoms with Crippen LogP contribution in [-0.4, -0.2) is 26.2 Å². The molecule has 0 aliphatic heterocycles. The summed E-state index contributed by atoms with van der Waals surface area (Å²) in [5.74, 6) is 0.294. The predicted molar refractivity (Wildman–Crippen MR) is 112 cm³/mol. The average molecular weight is 416 g/mol. The van der Waals surface area contributed by atoms with Crippen LogP contribution in [0.15, 0.2) is 41.5 Å². The highest BCUT2D eigenvalue weighted by atomic mass is 35.5. The maximum atomic E-state index is 13.3. The Hall–Kier alpha value is -3.13. The van der Waals surface area contributed by atoms with E-state index in [1.807, 2.05) is 0 Å². The highest BCUT2D eigenvalue weighted by Gasteiger charge is 2.23. The number of nitrogens with one attached hydrogen (secondary N) is 1. The number of pyridine rings is 1. The molecule has 0 spiro atoms. The number of ether oxygens (including phenoxy) is 1. The molecule has 0 bridgehead atoms. The molecule has 1 atom stereocenters. The molecular weight excluding hydrogens is 394 g/mol. The van der Waals surface area contributed by atoms with Gasteiger partial charge in [0.1, 0.15) is 11.4 Å². The first-order chi connectivity index (χ1) is 13.6. The van der Waals surface area contributed by atoms with Gasteiger partial charge in [0.2, 0.25) is 0 Å². The van der Waals surface area contributed by atoms with Crippen molar-refractivity contribution in [3.8, 4) is 5.69 Å². The van der Waals surface area contributed by atoms with Gasteiger partial charge in [0.25, 0.3) is 5.56 Å². The molecule has 0 fully saturated rings. The Bertz CT molecular complexity index is 1140. The number of hydrogen-bond acceptors (Lipinski definition) is 6. The van der Waals surface area contributed by atoms with Crippen LogP contribution in [0.3, 0.4) is 0 Å². The number of halogens is 1. The first kappa shape index (κ1) is 20.6. The summed E-state index contributed by atoms with van der Waals surface area (Å²) in [7, 11) is 0. The van der Waals surface area contributed by atoms with Crippen LogP contribution in [-0.2, 0) is 4.74 Å². The summed E-state index contributed by atoms with van der Waals surface area (Å²) >= 11 is 6.26. The number of benzene rings is 1. The van der Waals surface area contributed by atoms with Gasteiger partial charge < -0.3 is 15.8 Å². The van der Waals surface area contributed by atoms with Crippen molar-refractivity contribution < 1.29 is 9.53 Å². The van der Waals surface area contributed by atoms with Gasteiger partial charge in [-0.2, -0.15) is 0 Å². The van der Waals surface area contributed by atoms with Crippen molar-refractivity contribution in [3.05, 3.63) is 57.9 Å². The molecule has 152 valence electrons. The highest BCUT2D eigenvalue weighted by Crippen LogP contribution is 2.23. The Morgan fingerprint density at radius 3 is 2.69 bits per heavy atom. The molecule has 0 aliphatic rings. The summed E-state index contributed by atoms with van der Waals surface area (Å²) in [6.45, 7) is 7.00. The van der Waals surface area contributed by atoms with Crippen LogP contribution in [0.2, 0.25) is 5.02 Å². The van der Waals surface area contributed by atoms with Crippen LogP contribution in [0.1, 0.15) is 39.6 Å². The summed E-state index contributed by atoms with van der Waals surface area (Å²) < 4.78 is 6.66. The van der Waals surface area contributed by atoms with E-state index in [1.165, 1.54) is 17.0 Å². The van der Waals surface area contributed by atoms with Crippen LogP contribution in [0, 0.1) is 0 Å². The Labute approximate surface area is 172 Å². The fourth-order valence-corrected chi connectivity index (χ4v) is 3.11. The third-order valence-electron chi connectivity index (χ3n) is 4.00. The van der Waals surface area contributed by atoms with Crippen molar-refractivity contribution in [1.29, 1.82) is 0 Å². The summed E-state index contributed by atoms with van der Waals surface area (Å²) in [6.07, 6.45) is 2.34. The van der Waals surface area contributed by atoms with E-state index in [4.69, 9.17) is 22.1 Å². The van der Waals surface area contributed by atoms with Gasteiger partial charge in [0.05, 0.1) is 39.5 Å². The molecule has 3 aromatic rings. The van der Waals surface area contributed by atoms with Crippen molar-refractivity contribution >= 4 is 34.3 Å². The molecule has 1 aromatic carbocycles. The lowest BCUT2D eigenvalue weighted by Gasteiger charge is -2.23. The second kappa shape index (κ2) is 7.71. The number of hydrogen-bond donors (Lipinski definition) is 2. The molecule has 0 aliphatic carbocycles. The van der Waals surface area contributed by atoms with E-state index in [9.17, 15) is 9.59 Å². The van der Waals surface area contributed by atoms with Crippen molar-refractivity contribution in [2.45, 2.75) is 39.3 Å². The number of anilines is 1. The number of alkyl carbamates (subject to hydrolysis) is 1. The van der Waals surface area contributed by atoms with Crippen LogP contribution in [0.5, 0.6) is 0 Å². The fraction of sp³-hybridized carbons (Fsp3) is 0.300. The Morgan fingerprint density at radius 2 is 2.03 bits per heavy atom. The van der Waals surface area contributed by atoms with E-state index >= 15 is 0 Å². The molecule has 29 heavy (non-hydrogen) atoms. The van der Waals surface area contributed by atoms with Crippen molar-refractivity contribution in [2.75, 3.05) is 5.73 Å². The van der Waals surface area contributed by atoms with Crippen molar-refractivity contribution in [1.82, 2.24) is 19.9 Å². The number of amides is 1. The summed E-state index contributed by atoms with van der Waals surface area (Å²) in [4.78, 5) is 34.2. The number of rotatable bonds is 3. The summed E-state index contributed by atoms with van der Waals surface area (Å²) in [5, 5.41) is 3.27. The molecular formula is C20H22ClN5O3. The van der Waals surface area contributed by atoms with E-state index < -0.39 is 17.7 Å². The molecule has 9 heteroatoms. The lowest BCUT2D eigenvalue weighted by atomic mass is 10.2. The second-order valence-electron chi connectivity index (χ2n) is 7.59. The predicted octanol–water partition coefficient (Wildman–Crippen LogP) is 3.60. The van der Waals surface area contributed by atoms with Gasteiger partial charge in [-0.1, -0.05) is 17.7 Å². The summed E-state index contributed by atoms with van der Waals surface area (Å²) in [6, 6.07) is 5.97. The maximum absolute atomic E-state index is 13.3. The van der Waals surface area contributed by atoms with Crippen LogP contribution >= 0.6 is 11.6 Å². The zero-order chi connectivity index (χ0) is 21.3. The van der Waals surface area contributed by atoms with Gasteiger partial charge in [-0.3, -0.25) is 14.3 Å². The molecule has 1 amide bonds. The minimum Gasteiger partial charge on any atom is -0.444 e. The van der Waals surface area contributed by atoms with Crippen LogP contribution in [0.25, 0.3) is 16.6 Å². The van der Waals surface area contributed by atoms with Crippen molar-refractivity contribution in [2.24, 2.45) is 0 Å². The first-order valence-corrected chi connectivity index (χ1v) is 9.36. The normalized spacial score (nSPS) is 12.6. The molecule has 0 saturated carbocycles. The topological polar surface area (TPSA) is 112 Å². The third-order valence-corrected chi connectivity index (χ3v) is 4.31. The minimum atomic E-state index is -0.661. The zero-order valence-corrected chi connectivity index (χ0v) is 17.3. The third kappa shape index (κ3) is 4.48. The Balaban J connectivity index is 2.18. The minimum absolute atomic E-state index is 0.268. The van der Waals surface area contributed by atoms with Gasteiger partial charge in [-0.15, -0.1) is 0 Å². The molecule has 8 nitrogen and oxygen atoms in total. The number of aromatic nitrogens is 3. The van der Waals surface area contributed by atoms with Crippen molar-refractivity contribution in [3.63, 3.8) is 0 Å². The van der Waals surface area contributed by atoms with Gasteiger partial charge in [0.15, 0.2) is 0 Å². The Morgan fingerprint density at radius 1 is 1.31 bits per heavy atom. The largest absolute Gasteiger partial charge is 0.444 e. The van der Waals surface area contributed by atoms with Gasteiger partial charge in [0, 0.05) is 6.20 Å². The number of nitrogen functional groups attached to an aromatic ring is 1. The van der Waals surface area contributed by atoms with Crippen LogP contribution < -0.4 is 16.6 Å². The molecule has 2 aromatic heterocycles. The summed E-state index contributed by atoms with van der Waals surface area (Å²) in [5.41, 5.74) is 6.02. The second-order valence-corrected chi connectivity index (χ2v) is 8.00. The SMILES string of the molecule is C[C@H](NC(=O)OC(C)(C)C)c1nc2cccc(Cl)c2c(=O)n1-c1cncc(N)c1. The fourth-order valence-electron chi connectivity index (χ4n) is 2.86. The van der Waals surface area contributed by atoms with E-state index in [1.54, 1.807) is 52.0 Å². The lowest BCUT2D eigenvalue weighted by Crippen LogP contribution is -2.37. The molecule has 0 unspecified atom stereocenters. The maximum Gasteiger partial charge on any atom is 0.408 e. The molecule has 0 radical (unpaired) electrons. The number of carbonyl (C=O) groups excluding carboxylic acids is 1. The number of carbonyl (C=O) groups is 1. The van der Waals surface area contributed by atoms with E-state index in [0.29, 0.717) is 22.7 Å². The number of nitrogens with two attached hydrogens (primary N) is 1. The van der Waals surface area contributed by atoms with Gasteiger partial charge >= 0.3 is 6.09 Å². The molecule has 3 rings (SSSR count). The average Bonchev–Trinajstić information content (AvgIpc) is 2.59. The standard InChI is InChI=1S/C20H22ClN5O3/c1-11(24-19(28)29-20(2,3)4)17-25-15-7-5-6-14(21)16(15)18(27)26(17)13-8-12(22)9-23-10-13/h5-11H,22H2,1-4H3,(H,24,28)/t11-/m0/s1. The Kier molecular flexibility index (Phi) is 5.48. The number of fused-ring (bicyclic) bond motifs is 1. The molecule has 0 saturated heterocycles. The van der Waals surface area contributed by atoms with E-state index in [2.05, 4.69) is 15.3 Å². The van der Waals surface area contributed by atoms with E-state index in [-0.39, 0.29) is 16.0 Å². The number of nitrogens with zero attached hydrogens (tertiary/aromatic N) is 3. The quantitative estimate of drug-likeness (QED) is 0.675. The zero-order valence-electron chi connectivity index (χ0n) is 16.6. The van der Waals surface area contributed by atoms with Gasteiger partial charge in [-0.05, 0) is 45.9 Å².